The summed E-state index contributed by atoms with van der Waals surface area (Å²) in [6.07, 6.45) is 2.79. The Morgan fingerprint density at radius 3 is 2.20 bits per heavy atom. The van der Waals surface area contributed by atoms with Crippen molar-refractivity contribution >= 4 is 31.6 Å². The third-order valence-corrected chi connectivity index (χ3v) is 8.46. The number of halogens is 1. The van der Waals surface area contributed by atoms with E-state index in [-0.39, 0.29) is 21.4 Å². The van der Waals surface area contributed by atoms with E-state index in [0.29, 0.717) is 31.0 Å². The Balaban J connectivity index is 1.68. The highest BCUT2D eigenvalue weighted by molar-refractivity contribution is 7.89. The maximum absolute atomic E-state index is 12.7. The molecule has 0 bridgehead atoms. The summed E-state index contributed by atoms with van der Waals surface area (Å²) in [5, 5.41) is 0.215. The second-order valence-corrected chi connectivity index (χ2v) is 11.1. The molecule has 0 atom stereocenters. The van der Waals surface area contributed by atoms with E-state index in [1.165, 1.54) is 34.6 Å². The van der Waals surface area contributed by atoms with E-state index >= 15 is 0 Å². The number of nitrogens with one attached hydrogen (secondary N) is 1. The SMILES string of the molecule is CCOc1ccc(S(=O)(=O)NCc2ccc(S(=O)(=O)N3CCCCC3)cc2)cc1Cl. The summed E-state index contributed by atoms with van der Waals surface area (Å²) in [5.74, 6) is 0.420. The molecular formula is C20H25ClN2O5S2. The summed E-state index contributed by atoms with van der Waals surface area (Å²) in [7, 11) is -7.30. The molecule has 0 amide bonds. The first-order valence-electron chi connectivity index (χ1n) is 9.75. The van der Waals surface area contributed by atoms with Crippen molar-refractivity contribution in [2.45, 2.75) is 42.5 Å². The zero-order valence-corrected chi connectivity index (χ0v) is 19.1. The lowest BCUT2D eigenvalue weighted by Gasteiger charge is -2.25. The molecule has 1 heterocycles. The fourth-order valence-electron chi connectivity index (χ4n) is 3.22. The Bertz CT molecular complexity index is 1080. The van der Waals surface area contributed by atoms with Crippen molar-refractivity contribution < 1.29 is 21.6 Å². The minimum absolute atomic E-state index is 0.0250. The number of hydrogen-bond donors (Lipinski definition) is 1. The van der Waals surface area contributed by atoms with Crippen LogP contribution in [0.1, 0.15) is 31.7 Å². The van der Waals surface area contributed by atoms with Crippen LogP contribution >= 0.6 is 11.6 Å². The fourth-order valence-corrected chi connectivity index (χ4v) is 6.08. The molecule has 0 aliphatic carbocycles. The maximum Gasteiger partial charge on any atom is 0.243 e. The van der Waals surface area contributed by atoms with Crippen molar-refractivity contribution in [3.63, 3.8) is 0 Å². The molecule has 1 saturated heterocycles. The third-order valence-electron chi connectivity index (χ3n) is 4.86. The normalized spacial score (nSPS) is 15.8. The third kappa shape index (κ3) is 5.33. The standard InChI is InChI=1S/C20H25ClN2O5S2/c1-2-28-20-11-10-18(14-19(20)21)29(24,25)22-15-16-6-8-17(9-7-16)30(26,27)23-12-4-3-5-13-23/h6-11,14,22H,2-5,12-13,15H2,1H3. The van der Waals surface area contributed by atoms with Crippen LogP contribution in [-0.2, 0) is 26.6 Å². The Hall–Kier alpha value is -1.65. The van der Waals surface area contributed by atoms with Crippen LogP contribution in [0.2, 0.25) is 5.02 Å². The number of sulfonamides is 2. The Morgan fingerprint density at radius 1 is 0.967 bits per heavy atom. The van der Waals surface area contributed by atoms with E-state index in [1.54, 1.807) is 12.1 Å². The maximum atomic E-state index is 12.7. The van der Waals surface area contributed by atoms with Gasteiger partial charge >= 0.3 is 0 Å². The molecule has 10 heteroatoms. The summed E-state index contributed by atoms with van der Waals surface area (Å²) in [4.78, 5) is 0.245. The monoisotopic (exact) mass is 472 g/mol. The number of ether oxygens (including phenoxy) is 1. The molecule has 30 heavy (non-hydrogen) atoms. The number of piperidine rings is 1. The lowest BCUT2D eigenvalue weighted by atomic mass is 10.2. The van der Waals surface area contributed by atoms with Crippen LogP contribution in [0, 0.1) is 0 Å². The lowest BCUT2D eigenvalue weighted by molar-refractivity contribution is 0.340. The van der Waals surface area contributed by atoms with Gasteiger partial charge in [-0.05, 0) is 55.7 Å². The van der Waals surface area contributed by atoms with Crippen LogP contribution in [0.5, 0.6) is 5.75 Å². The van der Waals surface area contributed by atoms with Gasteiger partial charge in [0.1, 0.15) is 5.75 Å². The van der Waals surface area contributed by atoms with Gasteiger partial charge in [0.05, 0.1) is 21.4 Å². The molecule has 0 aromatic heterocycles. The predicted molar refractivity (Wildman–Crippen MR) is 116 cm³/mol. The van der Waals surface area contributed by atoms with E-state index in [9.17, 15) is 16.8 Å². The summed E-state index contributed by atoms with van der Waals surface area (Å²) in [5.41, 5.74) is 0.646. The number of benzene rings is 2. The van der Waals surface area contributed by atoms with Gasteiger partial charge in [0.2, 0.25) is 20.0 Å². The molecule has 7 nitrogen and oxygen atoms in total. The van der Waals surface area contributed by atoms with Gasteiger partial charge in [-0.25, -0.2) is 21.6 Å². The van der Waals surface area contributed by atoms with Gasteiger partial charge in [-0.15, -0.1) is 0 Å². The van der Waals surface area contributed by atoms with E-state index in [0.717, 1.165) is 19.3 Å². The second-order valence-electron chi connectivity index (χ2n) is 6.96. The van der Waals surface area contributed by atoms with Gasteiger partial charge in [0, 0.05) is 19.6 Å². The molecular weight excluding hydrogens is 448 g/mol. The molecule has 0 radical (unpaired) electrons. The Kier molecular flexibility index (Phi) is 7.41. The first-order valence-corrected chi connectivity index (χ1v) is 13.1. The first kappa shape index (κ1) is 23.0. The molecule has 2 aromatic rings. The molecule has 0 spiro atoms. The summed E-state index contributed by atoms with van der Waals surface area (Å²) >= 11 is 6.08. The quantitative estimate of drug-likeness (QED) is 0.635. The summed E-state index contributed by atoms with van der Waals surface area (Å²) in [6.45, 7) is 3.33. The van der Waals surface area contributed by atoms with Crippen molar-refractivity contribution in [3.05, 3.63) is 53.1 Å². The van der Waals surface area contributed by atoms with Crippen LogP contribution in [0.15, 0.2) is 52.3 Å². The number of hydrogen-bond acceptors (Lipinski definition) is 5. The van der Waals surface area contributed by atoms with Crippen LogP contribution in [0.4, 0.5) is 0 Å². The van der Waals surface area contributed by atoms with Gasteiger partial charge < -0.3 is 4.74 Å². The number of nitrogens with zero attached hydrogens (tertiary/aromatic N) is 1. The average molecular weight is 473 g/mol. The van der Waals surface area contributed by atoms with Crippen molar-refractivity contribution in [2.75, 3.05) is 19.7 Å². The van der Waals surface area contributed by atoms with Crippen LogP contribution in [0.25, 0.3) is 0 Å². The van der Waals surface area contributed by atoms with Crippen molar-refractivity contribution in [2.24, 2.45) is 0 Å². The molecule has 1 aliphatic rings. The molecule has 1 aliphatic heterocycles. The Labute approximate surface area is 183 Å². The molecule has 3 rings (SSSR count). The van der Waals surface area contributed by atoms with Gasteiger partial charge in [0.15, 0.2) is 0 Å². The van der Waals surface area contributed by atoms with E-state index < -0.39 is 20.0 Å². The minimum atomic E-state index is -3.78. The molecule has 2 aromatic carbocycles. The van der Waals surface area contributed by atoms with Gasteiger partial charge in [-0.2, -0.15) is 4.31 Å². The molecule has 0 unspecified atom stereocenters. The van der Waals surface area contributed by atoms with Crippen molar-refractivity contribution in [1.29, 1.82) is 0 Å². The second kappa shape index (κ2) is 9.65. The predicted octanol–water partition coefficient (Wildman–Crippen LogP) is 3.39. The first-order chi connectivity index (χ1) is 14.2. The zero-order chi connectivity index (χ0) is 21.8. The minimum Gasteiger partial charge on any atom is -0.492 e. The van der Waals surface area contributed by atoms with E-state index in [4.69, 9.17) is 16.3 Å². The largest absolute Gasteiger partial charge is 0.492 e. The van der Waals surface area contributed by atoms with Crippen LogP contribution < -0.4 is 9.46 Å². The highest BCUT2D eigenvalue weighted by atomic mass is 35.5. The van der Waals surface area contributed by atoms with E-state index in [2.05, 4.69) is 4.72 Å². The topological polar surface area (TPSA) is 92.8 Å². The Morgan fingerprint density at radius 2 is 1.60 bits per heavy atom. The molecule has 1 fully saturated rings. The van der Waals surface area contributed by atoms with E-state index in [1.807, 2.05) is 6.92 Å². The van der Waals surface area contributed by atoms with Crippen molar-refractivity contribution in [1.82, 2.24) is 9.03 Å². The lowest BCUT2D eigenvalue weighted by Crippen LogP contribution is -2.35. The molecule has 164 valence electrons. The van der Waals surface area contributed by atoms with Gasteiger partial charge in [-0.1, -0.05) is 30.2 Å². The smallest absolute Gasteiger partial charge is 0.243 e. The van der Waals surface area contributed by atoms with Crippen molar-refractivity contribution in [3.8, 4) is 5.75 Å². The van der Waals surface area contributed by atoms with Gasteiger partial charge in [0.25, 0.3) is 0 Å². The number of rotatable bonds is 8. The highest BCUT2D eigenvalue weighted by Gasteiger charge is 2.25. The summed E-state index contributed by atoms with van der Waals surface area (Å²) < 4.78 is 59.8. The fraction of sp³-hybridized carbons (Fsp3) is 0.400. The molecule has 1 N–H and O–H groups in total. The average Bonchev–Trinajstić information content (AvgIpc) is 2.75. The zero-order valence-electron chi connectivity index (χ0n) is 16.7. The van der Waals surface area contributed by atoms with Crippen LogP contribution in [0.3, 0.4) is 0 Å². The highest BCUT2D eigenvalue weighted by Crippen LogP contribution is 2.27. The summed E-state index contributed by atoms with van der Waals surface area (Å²) in [6, 6.07) is 10.5. The van der Waals surface area contributed by atoms with Gasteiger partial charge in [-0.3, -0.25) is 0 Å². The molecule has 0 saturated carbocycles. The van der Waals surface area contributed by atoms with Crippen LogP contribution in [-0.4, -0.2) is 40.8 Å².